The summed E-state index contributed by atoms with van der Waals surface area (Å²) >= 11 is 0. The molecule has 6 nitrogen and oxygen atoms in total. The number of likely N-dealkylation sites (N-methyl/N-ethyl adjacent to an activating group) is 1. The molecular weight excluding hydrogens is 353 g/mol. The molecule has 1 unspecified atom stereocenters. The van der Waals surface area contributed by atoms with Crippen molar-refractivity contribution >= 4 is 12.0 Å². The quantitative estimate of drug-likeness (QED) is 0.864. The molecule has 0 aliphatic carbocycles. The monoisotopic (exact) mass is 372 g/mol. The normalized spacial score (nSPS) is 21.0. The molecule has 2 fully saturated rings. The topological polar surface area (TPSA) is 70.1 Å². The molecular formula is C17H19F3N2O4. The van der Waals surface area contributed by atoms with Crippen LogP contribution in [0.2, 0.25) is 0 Å². The summed E-state index contributed by atoms with van der Waals surface area (Å²) in [5, 5.41) is 10.2. The van der Waals surface area contributed by atoms with E-state index in [1.807, 2.05) is 0 Å². The van der Waals surface area contributed by atoms with Gasteiger partial charge in [-0.05, 0) is 17.7 Å². The molecule has 0 aromatic heterocycles. The van der Waals surface area contributed by atoms with Crippen molar-refractivity contribution in [1.29, 1.82) is 0 Å². The first kappa shape index (κ1) is 18.5. The van der Waals surface area contributed by atoms with Crippen LogP contribution in [0.1, 0.15) is 30.1 Å². The SMILES string of the molecule is CN1CC2(CCN(C(=O)C(O)c3ccc(C(F)(F)F)cc3)CC2)OC1=O. The Balaban J connectivity index is 1.62. The molecule has 2 heterocycles. The number of aliphatic hydroxyl groups excluding tert-OH is 1. The predicted octanol–water partition coefficient (Wildman–Crippen LogP) is 2.18. The van der Waals surface area contributed by atoms with Gasteiger partial charge < -0.3 is 19.6 Å². The van der Waals surface area contributed by atoms with Crippen molar-refractivity contribution in [3.05, 3.63) is 35.4 Å². The number of aliphatic hydroxyl groups is 1. The van der Waals surface area contributed by atoms with Crippen molar-refractivity contribution in [1.82, 2.24) is 9.80 Å². The second-order valence-electron chi connectivity index (χ2n) is 6.75. The van der Waals surface area contributed by atoms with Crippen molar-refractivity contribution in [2.24, 2.45) is 0 Å². The van der Waals surface area contributed by atoms with Gasteiger partial charge in [0.2, 0.25) is 0 Å². The largest absolute Gasteiger partial charge is 0.441 e. The van der Waals surface area contributed by atoms with E-state index in [2.05, 4.69) is 0 Å². The van der Waals surface area contributed by atoms with E-state index >= 15 is 0 Å². The Morgan fingerprint density at radius 3 is 2.27 bits per heavy atom. The second kappa shape index (κ2) is 6.46. The van der Waals surface area contributed by atoms with E-state index < -0.39 is 35.4 Å². The molecule has 2 aliphatic rings. The number of hydrogen-bond acceptors (Lipinski definition) is 4. The third-order valence-electron chi connectivity index (χ3n) is 4.91. The molecule has 1 aromatic carbocycles. The molecule has 3 rings (SSSR count). The van der Waals surface area contributed by atoms with Crippen LogP contribution in [0.15, 0.2) is 24.3 Å². The molecule has 1 atom stereocenters. The smallest absolute Gasteiger partial charge is 0.416 e. The van der Waals surface area contributed by atoms with E-state index in [0.717, 1.165) is 24.3 Å². The average Bonchev–Trinajstić information content (AvgIpc) is 2.87. The Bertz CT molecular complexity index is 697. The number of likely N-dealkylation sites (tertiary alicyclic amines) is 1. The van der Waals surface area contributed by atoms with Gasteiger partial charge in [-0.2, -0.15) is 13.2 Å². The number of carbonyl (C=O) groups excluding carboxylic acids is 2. The van der Waals surface area contributed by atoms with Gasteiger partial charge in [-0.25, -0.2) is 4.79 Å². The number of nitrogens with zero attached hydrogens (tertiary/aromatic N) is 2. The van der Waals surface area contributed by atoms with Gasteiger partial charge >= 0.3 is 12.3 Å². The van der Waals surface area contributed by atoms with Gasteiger partial charge in [0.1, 0.15) is 5.60 Å². The van der Waals surface area contributed by atoms with Gasteiger partial charge in [0.05, 0.1) is 12.1 Å². The number of halogens is 3. The number of hydrogen-bond donors (Lipinski definition) is 1. The summed E-state index contributed by atoms with van der Waals surface area (Å²) < 4.78 is 43.2. The number of piperidine rings is 1. The summed E-state index contributed by atoms with van der Waals surface area (Å²) in [4.78, 5) is 26.9. The van der Waals surface area contributed by atoms with E-state index in [1.54, 1.807) is 7.05 Å². The molecule has 1 aromatic rings. The van der Waals surface area contributed by atoms with E-state index in [1.165, 1.54) is 9.80 Å². The summed E-state index contributed by atoms with van der Waals surface area (Å²) in [5.74, 6) is -0.572. The first-order valence-corrected chi connectivity index (χ1v) is 8.19. The van der Waals surface area contributed by atoms with Crippen LogP contribution in [-0.4, -0.2) is 59.2 Å². The Morgan fingerprint density at radius 1 is 1.23 bits per heavy atom. The van der Waals surface area contributed by atoms with Crippen LogP contribution >= 0.6 is 0 Å². The second-order valence-corrected chi connectivity index (χ2v) is 6.75. The molecule has 2 aliphatic heterocycles. The lowest BCUT2D eigenvalue weighted by Crippen LogP contribution is -2.49. The highest BCUT2D eigenvalue weighted by atomic mass is 19.4. The van der Waals surface area contributed by atoms with Crippen molar-refractivity contribution in [3.8, 4) is 0 Å². The van der Waals surface area contributed by atoms with Crippen LogP contribution in [0.25, 0.3) is 0 Å². The number of benzene rings is 1. The first-order valence-electron chi connectivity index (χ1n) is 8.19. The minimum absolute atomic E-state index is 0.107. The Morgan fingerprint density at radius 2 is 1.81 bits per heavy atom. The maximum atomic E-state index is 12.6. The molecule has 0 saturated carbocycles. The van der Waals surface area contributed by atoms with Crippen molar-refractivity contribution < 1.29 is 32.6 Å². The van der Waals surface area contributed by atoms with Gasteiger partial charge in [0.15, 0.2) is 6.10 Å². The number of carbonyl (C=O) groups is 2. The fourth-order valence-corrected chi connectivity index (χ4v) is 3.36. The minimum Gasteiger partial charge on any atom is -0.441 e. The molecule has 1 spiro atoms. The fraction of sp³-hybridized carbons (Fsp3) is 0.529. The molecule has 2 amide bonds. The van der Waals surface area contributed by atoms with Gasteiger partial charge in [-0.15, -0.1) is 0 Å². The molecule has 0 radical (unpaired) electrons. The van der Waals surface area contributed by atoms with E-state index in [4.69, 9.17) is 4.74 Å². The molecule has 9 heteroatoms. The van der Waals surface area contributed by atoms with Gasteiger partial charge in [-0.1, -0.05) is 12.1 Å². The lowest BCUT2D eigenvalue weighted by atomic mass is 9.91. The van der Waals surface area contributed by atoms with Crippen LogP contribution in [0.4, 0.5) is 18.0 Å². The zero-order valence-corrected chi connectivity index (χ0v) is 14.1. The fourth-order valence-electron chi connectivity index (χ4n) is 3.36. The van der Waals surface area contributed by atoms with Crippen LogP contribution in [0, 0.1) is 0 Å². The van der Waals surface area contributed by atoms with Crippen LogP contribution in [0.3, 0.4) is 0 Å². The van der Waals surface area contributed by atoms with E-state index in [9.17, 15) is 27.9 Å². The summed E-state index contributed by atoms with van der Waals surface area (Å²) in [6, 6.07) is 3.88. The zero-order chi connectivity index (χ0) is 19.1. The number of ether oxygens (including phenoxy) is 1. The van der Waals surface area contributed by atoms with Crippen LogP contribution in [-0.2, 0) is 15.7 Å². The zero-order valence-electron chi connectivity index (χ0n) is 14.1. The van der Waals surface area contributed by atoms with Crippen LogP contribution < -0.4 is 0 Å². The molecule has 0 bridgehead atoms. The first-order chi connectivity index (χ1) is 12.1. The van der Waals surface area contributed by atoms with Crippen LogP contribution in [0.5, 0.6) is 0 Å². The highest BCUT2D eigenvalue weighted by Gasteiger charge is 2.46. The van der Waals surface area contributed by atoms with Gasteiger partial charge in [0.25, 0.3) is 5.91 Å². The summed E-state index contributed by atoms with van der Waals surface area (Å²) in [7, 11) is 1.64. The van der Waals surface area contributed by atoms with Crippen molar-refractivity contribution in [2.75, 3.05) is 26.7 Å². The van der Waals surface area contributed by atoms with Crippen molar-refractivity contribution in [2.45, 2.75) is 30.7 Å². The summed E-state index contributed by atoms with van der Waals surface area (Å²) in [6.45, 7) is 1.06. The number of alkyl halides is 3. The molecule has 2 saturated heterocycles. The van der Waals surface area contributed by atoms with E-state index in [0.29, 0.717) is 32.5 Å². The Kier molecular flexibility index (Phi) is 4.60. The lowest BCUT2D eigenvalue weighted by Gasteiger charge is -2.38. The Labute approximate surface area is 148 Å². The highest BCUT2D eigenvalue weighted by molar-refractivity contribution is 5.82. The maximum Gasteiger partial charge on any atom is 0.416 e. The van der Waals surface area contributed by atoms with Crippen molar-refractivity contribution in [3.63, 3.8) is 0 Å². The average molecular weight is 372 g/mol. The predicted molar refractivity (Wildman–Crippen MR) is 84.1 cm³/mol. The minimum atomic E-state index is -4.47. The maximum absolute atomic E-state index is 12.6. The molecule has 26 heavy (non-hydrogen) atoms. The van der Waals surface area contributed by atoms with Gasteiger partial charge in [-0.3, -0.25) is 4.79 Å². The summed E-state index contributed by atoms with van der Waals surface area (Å²) in [6.07, 6.45) is -5.49. The lowest BCUT2D eigenvalue weighted by molar-refractivity contribution is -0.143. The molecule has 1 N–H and O–H groups in total. The van der Waals surface area contributed by atoms with Gasteiger partial charge in [0, 0.05) is 33.0 Å². The Hall–Kier alpha value is -2.29. The number of rotatable bonds is 2. The third kappa shape index (κ3) is 3.48. The summed E-state index contributed by atoms with van der Waals surface area (Å²) in [5.41, 5.74) is -1.34. The standard InChI is InChI=1S/C17H19F3N2O4/c1-21-10-16(26-15(21)25)6-8-22(9-7-16)14(24)13(23)11-2-4-12(5-3-11)17(18,19)20/h2-5,13,23H,6-10H2,1H3. The highest BCUT2D eigenvalue weighted by Crippen LogP contribution is 2.34. The number of amides is 2. The third-order valence-corrected chi connectivity index (χ3v) is 4.91. The van der Waals surface area contributed by atoms with E-state index in [-0.39, 0.29) is 5.56 Å². The molecule has 142 valence electrons.